The van der Waals surface area contributed by atoms with E-state index < -0.39 is 11.9 Å². The molecule has 0 aliphatic heterocycles. The molecule has 0 saturated heterocycles. The summed E-state index contributed by atoms with van der Waals surface area (Å²) in [4.78, 5) is 39.7. The van der Waals surface area contributed by atoms with E-state index in [9.17, 15) is 9.59 Å². The summed E-state index contributed by atoms with van der Waals surface area (Å²) in [6.45, 7) is 9.56. The minimum Gasteiger partial charge on any atom is -0.463 e. The van der Waals surface area contributed by atoms with Gasteiger partial charge in [0.2, 0.25) is 0 Å². The van der Waals surface area contributed by atoms with Crippen LogP contribution in [0, 0.1) is 23.7 Å². The van der Waals surface area contributed by atoms with Gasteiger partial charge in [0, 0.05) is 60.9 Å². The molecule has 0 amide bonds. The van der Waals surface area contributed by atoms with E-state index in [1.165, 1.54) is 0 Å². The summed E-state index contributed by atoms with van der Waals surface area (Å²) < 4.78 is 9.94. The number of nitrogens with zero attached hydrogens (tertiary/aromatic N) is 4. The van der Waals surface area contributed by atoms with Crippen molar-refractivity contribution in [2.24, 2.45) is 0 Å². The van der Waals surface area contributed by atoms with Crippen LogP contribution in [0.4, 0.5) is 0 Å². The zero-order chi connectivity index (χ0) is 30.0. The van der Waals surface area contributed by atoms with Crippen molar-refractivity contribution in [3.8, 4) is 23.7 Å². The fourth-order valence-electron chi connectivity index (χ4n) is 3.70. The molecule has 0 spiro atoms. The van der Waals surface area contributed by atoms with Gasteiger partial charge in [-0.2, -0.15) is 0 Å². The van der Waals surface area contributed by atoms with Crippen LogP contribution in [-0.2, 0) is 38.3 Å². The number of rotatable bonds is 13. The first-order chi connectivity index (χ1) is 20.5. The van der Waals surface area contributed by atoms with E-state index >= 15 is 0 Å². The fraction of sp³-hybridized carbons (Fsp3) is 0.294. The molecule has 3 aromatic rings. The smallest absolute Gasteiger partial charge is 0.330 e. The van der Waals surface area contributed by atoms with Gasteiger partial charge < -0.3 is 9.47 Å². The fourth-order valence-corrected chi connectivity index (χ4v) is 3.70. The largest absolute Gasteiger partial charge is 0.463 e. The summed E-state index contributed by atoms with van der Waals surface area (Å²) in [6, 6.07) is 5.99. The average Bonchev–Trinajstić information content (AvgIpc) is 3.03. The predicted octanol–water partition coefficient (Wildman–Crippen LogP) is 4.73. The molecule has 0 N–H and O–H groups in total. The van der Waals surface area contributed by atoms with Crippen LogP contribution in [0.25, 0.3) is 0 Å². The number of hydrogen-bond acceptors (Lipinski definition) is 8. The second-order valence-corrected chi connectivity index (χ2v) is 9.16. The van der Waals surface area contributed by atoms with Crippen molar-refractivity contribution in [2.75, 3.05) is 13.2 Å². The quantitative estimate of drug-likeness (QED) is 0.127. The van der Waals surface area contributed by atoms with Crippen molar-refractivity contribution in [1.29, 1.82) is 0 Å². The highest BCUT2D eigenvalue weighted by atomic mass is 16.5. The van der Waals surface area contributed by atoms with Crippen LogP contribution in [0.1, 0.15) is 72.1 Å². The Morgan fingerprint density at radius 2 is 1.19 bits per heavy atom. The van der Waals surface area contributed by atoms with Crippen LogP contribution in [0.2, 0.25) is 0 Å². The topological polar surface area (TPSA) is 104 Å². The Labute approximate surface area is 247 Å². The number of aromatic nitrogens is 4. The summed E-state index contributed by atoms with van der Waals surface area (Å²) in [5.74, 6) is 13.3. The predicted molar refractivity (Wildman–Crippen MR) is 160 cm³/mol. The summed E-state index contributed by atoms with van der Waals surface area (Å²) in [5.41, 5.74) is 4.41. The van der Waals surface area contributed by atoms with Crippen molar-refractivity contribution in [2.45, 2.75) is 51.9 Å². The van der Waals surface area contributed by atoms with Crippen LogP contribution in [0.15, 0.2) is 68.3 Å². The van der Waals surface area contributed by atoms with Crippen LogP contribution in [-0.4, -0.2) is 45.1 Å². The Hall–Kier alpha value is -5.08. The summed E-state index contributed by atoms with van der Waals surface area (Å²) >= 11 is 0. The maximum atomic E-state index is 11.1. The van der Waals surface area contributed by atoms with Gasteiger partial charge in [0.25, 0.3) is 0 Å². The van der Waals surface area contributed by atoms with Crippen LogP contribution < -0.4 is 0 Å². The summed E-state index contributed by atoms with van der Waals surface area (Å²) in [5, 5.41) is 0. The lowest BCUT2D eigenvalue weighted by molar-refractivity contribution is -0.138. The lowest BCUT2D eigenvalue weighted by atomic mass is 10.0. The molecule has 8 nitrogen and oxygen atoms in total. The third kappa shape index (κ3) is 11.2. The number of ether oxygens (including phenoxy) is 2. The zero-order valence-corrected chi connectivity index (χ0v) is 23.9. The molecule has 8 heteroatoms. The normalized spacial score (nSPS) is 9.93. The van der Waals surface area contributed by atoms with Crippen molar-refractivity contribution < 1.29 is 19.1 Å². The van der Waals surface area contributed by atoms with Gasteiger partial charge in [0.1, 0.15) is 11.6 Å². The molecule has 0 aliphatic rings. The first-order valence-electron chi connectivity index (χ1n) is 13.9. The Bertz CT molecular complexity index is 1490. The van der Waals surface area contributed by atoms with Gasteiger partial charge in [0.05, 0.1) is 24.3 Å². The molecular weight excluding hydrogens is 528 g/mol. The molecule has 0 unspecified atom stereocenters. The molecule has 0 bridgehead atoms. The van der Waals surface area contributed by atoms with Crippen molar-refractivity contribution in [3.05, 3.63) is 108 Å². The van der Waals surface area contributed by atoms with E-state index in [0.29, 0.717) is 26.1 Å². The van der Waals surface area contributed by atoms with Gasteiger partial charge in [-0.05, 0) is 55.9 Å². The number of carbonyl (C=O) groups is 2. The van der Waals surface area contributed by atoms with Crippen molar-refractivity contribution in [3.63, 3.8) is 0 Å². The first-order valence-corrected chi connectivity index (χ1v) is 13.9. The monoisotopic (exact) mass is 562 g/mol. The van der Waals surface area contributed by atoms with Gasteiger partial charge in [-0.3, -0.25) is 0 Å². The highest BCUT2D eigenvalue weighted by Gasteiger charge is 2.02. The molecular formula is C34H34N4O4. The van der Waals surface area contributed by atoms with Gasteiger partial charge >= 0.3 is 11.9 Å². The number of unbranched alkanes of at least 4 members (excludes halogenated alkanes) is 2. The minimum atomic E-state index is -0.407. The highest BCUT2D eigenvalue weighted by molar-refractivity contribution is 5.81. The minimum absolute atomic E-state index is 0.361. The molecule has 0 fully saturated rings. The van der Waals surface area contributed by atoms with Gasteiger partial charge in [-0.1, -0.05) is 43.8 Å². The maximum absolute atomic E-state index is 11.1. The summed E-state index contributed by atoms with van der Waals surface area (Å²) in [6.07, 6.45) is 14.6. The Morgan fingerprint density at radius 1 is 0.714 bits per heavy atom. The second-order valence-electron chi connectivity index (χ2n) is 9.16. The number of aryl methyl sites for hydroxylation is 3. The van der Waals surface area contributed by atoms with Gasteiger partial charge in [0.15, 0.2) is 0 Å². The Balaban J connectivity index is 1.51. The highest BCUT2D eigenvalue weighted by Crippen LogP contribution is 2.12. The van der Waals surface area contributed by atoms with E-state index in [1.807, 2.05) is 12.1 Å². The zero-order valence-electron chi connectivity index (χ0n) is 23.9. The van der Waals surface area contributed by atoms with Gasteiger partial charge in [-0.15, -0.1) is 0 Å². The number of hydrogen-bond donors (Lipinski definition) is 0. The molecule has 0 saturated carbocycles. The third-order valence-corrected chi connectivity index (χ3v) is 6.00. The SMILES string of the molecule is C=CC(=O)OCCCCc1ncc(C#Cc2ccc(C#Cc3cnc(CCCCOC(=O)C=C)nc3)c(CC)c2)cn1. The van der Waals surface area contributed by atoms with Crippen LogP contribution >= 0.6 is 0 Å². The summed E-state index contributed by atoms with van der Waals surface area (Å²) in [7, 11) is 0. The van der Waals surface area contributed by atoms with E-state index in [-0.39, 0.29) is 0 Å². The molecule has 0 atom stereocenters. The van der Waals surface area contributed by atoms with Crippen molar-refractivity contribution in [1.82, 2.24) is 19.9 Å². The number of carbonyl (C=O) groups excluding carboxylic acids is 2. The molecule has 214 valence electrons. The second kappa shape index (κ2) is 17.6. The maximum Gasteiger partial charge on any atom is 0.330 e. The molecule has 2 heterocycles. The lowest BCUT2D eigenvalue weighted by Crippen LogP contribution is -2.03. The lowest BCUT2D eigenvalue weighted by Gasteiger charge is -2.03. The molecule has 0 radical (unpaired) electrons. The van der Waals surface area contributed by atoms with Crippen LogP contribution in [0.3, 0.4) is 0 Å². The first kappa shape index (κ1) is 31.4. The molecule has 0 aliphatic carbocycles. The average molecular weight is 563 g/mol. The van der Waals surface area contributed by atoms with Crippen molar-refractivity contribution >= 4 is 11.9 Å². The van der Waals surface area contributed by atoms with Gasteiger partial charge in [-0.25, -0.2) is 29.5 Å². The molecule has 42 heavy (non-hydrogen) atoms. The third-order valence-electron chi connectivity index (χ3n) is 6.00. The van der Waals surface area contributed by atoms with E-state index in [1.54, 1.807) is 24.8 Å². The van der Waals surface area contributed by atoms with E-state index in [2.05, 4.69) is 69.8 Å². The Kier molecular flexibility index (Phi) is 13.2. The Morgan fingerprint density at radius 3 is 1.67 bits per heavy atom. The molecule has 2 aromatic heterocycles. The van der Waals surface area contributed by atoms with E-state index in [0.717, 1.165) is 83.7 Å². The van der Waals surface area contributed by atoms with E-state index in [4.69, 9.17) is 9.47 Å². The number of esters is 2. The molecule has 3 rings (SSSR count). The standard InChI is InChI=1S/C34H34N4O4/c1-4-29-21-26(13-14-27-22-35-31(36-23-27)11-7-9-19-41-33(39)5-2)15-17-30(29)18-16-28-24-37-32(38-25-28)12-8-10-20-42-34(40)6-3/h5-6,15,17,21-25H,2-4,7-12,19-20H2,1H3. The van der Waals surface area contributed by atoms with Crippen LogP contribution in [0.5, 0.6) is 0 Å². The number of benzene rings is 1. The molecule has 1 aromatic carbocycles.